The Hall–Kier alpha value is -1.71. The monoisotopic (exact) mass is 357 g/mol. The van der Waals surface area contributed by atoms with Gasteiger partial charge in [0.15, 0.2) is 11.5 Å². The molecule has 1 N–H and O–H groups in total. The van der Waals surface area contributed by atoms with E-state index in [1.165, 1.54) is 56.1 Å². The Bertz CT molecular complexity index is 672. The van der Waals surface area contributed by atoms with Crippen molar-refractivity contribution in [1.29, 1.82) is 0 Å². The van der Waals surface area contributed by atoms with E-state index in [2.05, 4.69) is 17.4 Å². The number of hydrogen-bond donors (Lipinski definition) is 1. The zero-order valence-corrected chi connectivity index (χ0v) is 16.1. The van der Waals surface area contributed by atoms with Crippen molar-refractivity contribution >= 4 is 5.91 Å². The highest BCUT2D eigenvalue weighted by molar-refractivity contribution is 5.79. The molecule has 2 fully saturated rings. The molecule has 0 saturated heterocycles. The van der Waals surface area contributed by atoms with Crippen molar-refractivity contribution in [2.24, 2.45) is 5.92 Å². The quantitative estimate of drug-likeness (QED) is 0.853. The minimum Gasteiger partial charge on any atom is -0.493 e. The molecule has 0 aliphatic heterocycles. The number of nitrogens with one attached hydrogen (secondary N) is 1. The Labute approximate surface area is 156 Å². The predicted octanol–water partition coefficient (Wildman–Crippen LogP) is 4.66. The van der Waals surface area contributed by atoms with Crippen molar-refractivity contribution in [3.8, 4) is 11.5 Å². The average molecular weight is 357 g/mol. The average Bonchev–Trinajstić information content (AvgIpc) is 3.29. The molecule has 4 rings (SSSR count). The van der Waals surface area contributed by atoms with Gasteiger partial charge in [0.1, 0.15) is 0 Å². The van der Waals surface area contributed by atoms with Gasteiger partial charge in [0.25, 0.3) is 0 Å². The van der Waals surface area contributed by atoms with Crippen molar-refractivity contribution in [2.45, 2.75) is 75.7 Å². The van der Waals surface area contributed by atoms with E-state index in [0.29, 0.717) is 0 Å². The van der Waals surface area contributed by atoms with Crippen LogP contribution in [0, 0.1) is 5.92 Å². The molecular weight excluding hydrogens is 326 g/mol. The van der Waals surface area contributed by atoms with Gasteiger partial charge in [-0.3, -0.25) is 4.79 Å². The van der Waals surface area contributed by atoms with Gasteiger partial charge in [-0.1, -0.05) is 32.1 Å². The maximum Gasteiger partial charge on any atom is 0.223 e. The molecule has 1 aromatic rings. The zero-order chi connectivity index (χ0) is 18.1. The first-order valence-corrected chi connectivity index (χ1v) is 10.2. The maximum absolute atomic E-state index is 12.8. The summed E-state index contributed by atoms with van der Waals surface area (Å²) < 4.78 is 11.1. The lowest BCUT2D eigenvalue weighted by atomic mass is 9.70. The summed E-state index contributed by atoms with van der Waals surface area (Å²) in [7, 11) is 3.38. The first-order chi connectivity index (χ1) is 12.7. The van der Waals surface area contributed by atoms with Gasteiger partial charge in [-0.25, -0.2) is 0 Å². The Morgan fingerprint density at radius 1 is 1.00 bits per heavy atom. The summed E-state index contributed by atoms with van der Waals surface area (Å²) in [5.74, 6) is 2.03. The maximum atomic E-state index is 12.8. The lowest BCUT2D eigenvalue weighted by Gasteiger charge is -2.35. The third-order valence-electron chi connectivity index (χ3n) is 6.95. The normalized spacial score (nSPS) is 24.5. The summed E-state index contributed by atoms with van der Waals surface area (Å²) >= 11 is 0. The number of hydrogen-bond acceptors (Lipinski definition) is 3. The number of benzene rings is 1. The lowest BCUT2D eigenvalue weighted by Crippen LogP contribution is -2.34. The van der Waals surface area contributed by atoms with Crippen molar-refractivity contribution in [3.05, 3.63) is 23.3 Å². The number of ether oxygens (including phenoxy) is 2. The fourth-order valence-electron chi connectivity index (χ4n) is 5.56. The molecule has 1 aromatic carbocycles. The second-order valence-corrected chi connectivity index (χ2v) is 8.38. The molecule has 1 atom stereocenters. The van der Waals surface area contributed by atoms with Crippen LogP contribution < -0.4 is 14.8 Å². The SMILES string of the molecule is COc1cc2c(cc1OC)C1(CCCCC1)CC2NC(=O)C1CCCC1. The van der Waals surface area contributed by atoms with Crippen molar-refractivity contribution < 1.29 is 14.3 Å². The number of amides is 1. The van der Waals surface area contributed by atoms with Crippen LogP contribution in [0.15, 0.2) is 12.1 Å². The topological polar surface area (TPSA) is 47.6 Å². The molecule has 0 aromatic heterocycles. The largest absolute Gasteiger partial charge is 0.493 e. The van der Waals surface area contributed by atoms with Crippen LogP contribution in [0.1, 0.15) is 81.4 Å². The third kappa shape index (κ3) is 2.97. The smallest absolute Gasteiger partial charge is 0.223 e. The van der Waals surface area contributed by atoms with E-state index in [1.807, 2.05) is 0 Å². The van der Waals surface area contributed by atoms with Gasteiger partial charge in [0.2, 0.25) is 5.91 Å². The number of fused-ring (bicyclic) bond motifs is 2. The molecule has 2 saturated carbocycles. The van der Waals surface area contributed by atoms with Crippen LogP contribution in [0.25, 0.3) is 0 Å². The molecule has 0 bridgehead atoms. The van der Waals surface area contributed by atoms with E-state index >= 15 is 0 Å². The van der Waals surface area contributed by atoms with Crippen LogP contribution >= 0.6 is 0 Å². The molecule has 142 valence electrons. The zero-order valence-electron chi connectivity index (χ0n) is 16.1. The fourth-order valence-corrected chi connectivity index (χ4v) is 5.56. The summed E-state index contributed by atoms with van der Waals surface area (Å²) in [6, 6.07) is 4.40. The molecule has 26 heavy (non-hydrogen) atoms. The standard InChI is InChI=1S/C22H31NO3/c1-25-19-12-16-17(13-20(19)26-2)22(10-6-3-7-11-22)14-18(16)23-21(24)15-8-4-5-9-15/h12-13,15,18H,3-11,14H2,1-2H3,(H,23,24). The van der Waals surface area contributed by atoms with Gasteiger partial charge in [-0.2, -0.15) is 0 Å². The van der Waals surface area contributed by atoms with E-state index in [9.17, 15) is 4.79 Å². The number of rotatable bonds is 4. The first-order valence-electron chi connectivity index (χ1n) is 10.2. The number of carbonyl (C=O) groups is 1. The van der Waals surface area contributed by atoms with Gasteiger partial charge < -0.3 is 14.8 Å². The Morgan fingerprint density at radius 3 is 2.31 bits per heavy atom. The highest BCUT2D eigenvalue weighted by atomic mass is 16.5. The molecule has 0 heterocycles. The van der Waals surface area contributed by atoms with Gasteiger partial charge >= 0.3 is 0 Å². The van der Waals surface area contributed by atoms with Gasteiger partial charge in [-0.05, 0) is 60.8 Å². The fraction of sp³-hybridized carbons (Fsp3) is 0.682. The molecule has 1 amide bonds. The molecule has 1 spiro atoms. The van der Waals surface area contributed by atoms with E-state index < -0.39 is 0 Å². The van der Waals surface area contributed by atoms with Crippen LogP contribution in [0.2, 0.25) is 0 Å². The van der Waals surface area contributed by atoms with Crippen LogP contribution in [-0.4, -0.2) is 20.1 Å². The highest BCUT2D eigenvalue weighted by Gasteiger charge is 2.45. The lowest BCUT2D eigenvalue weighted by molar-refractivity contribution is -0.125. The summed E-state index contributed by atoms with van der Waals surface area (Å²) in [6.45, 7) is 0. The highest BCUT2D eigenvalue weighted by Crippen LogP contribution is 2.55. The van der Waals surface area contributed by atoms with E-state index in [0.717, 1.165) is 30.8 Å². The summed E-state index contributed by atoms with van der Waals surface area (Å²) in [6.07, 6.45) is 11.8. The third-order valence-corrected chi connectivity index (χ3v) is 6.95. The summed E-state index contributed by atoms with van der Waals surface area (Å²) in [4.78, 5) is 12.8. The molecule has 0 radical (unpaired) electrons. The molecule has 3 aliphatic rings. The molecule has 1 unspecified atom stereocenters. The Morgan fingerprint density at radius 2 is 1.65 bits per heavy atom. The number of carbonyl (C=O) groups excluding carboxylic acids is 1. The second kappa shape index (κ2) is 7.13. The minimum absolute atomic E-state index is 0.107. The van der Waals surface area contributed by atoms with Gasteiger partial charge in [0, 0.05) is 5.92 Å². The summed E-state index contributed by atoms with van der Waals surface area (Å²) in [5, 5.41) is 3.40. The minimum atomic E-state index is 0.107. The summed E-state index contributed by atoms with van der Waals surface area (Å²) in [5.41, 5.74) is 2.82. The van der Waals surface area contributed by atoms with Crippen molar-refractivity contribution in [2.75, 3.05) is 14.2 Å². The van der Waals surface area contributed by atoms with Crippen LogP contribution in [0.4, 0.5) is 0 Å². The molecule has 3 aliphatic carbocycles. The second-order valence-electron chi connectivity index (χ2n) is 8.38. The molecule has 4 nitrogen and oxygen atoms in total. The van der Waals surface area contributed by atoms with E-state index in [-0.39, 0.29) is 23.3 Å². The van der Waals surface area contributed by atoms with E-state index in [4.69, 9.17) is 9.47 Å². The van der Waals surface area contributed by atoms with Crippen LogP contribution in [0.3, 0.4) is 0 Å². The Balaban J connectivity index is 1.68. The molecule has 4 heteroatoms. The van der Waals surface area contributed by atoms with Gasteiger partial charge in [0.05, 0.1) is 20.3 Å². The Kier molecular flexibility index (Phi) is 4.85. The van der Waals surface area contributed by atoms with E-state index in [1.54, 1.807) is 14.2 Å². The first kappa shape index (κ1) is 17.7. The van der Waals surface area contributed by atoms with Crippen LogP contribution in [0.5, 0.6) is 11.5 Å². The van der Waals surface area contributed by atoms with Gasteiger partial charge in [-0.15, -0.1) is 0 Å². The van der Waals surface area contributed by atoms with Crippen LogP contribution in [-0.2, 0) is 10.2 Å². The van der Waals surface area contributed by atoms with Crippen molar-refractivity contribution in [1.82, 2.24) is 5.32 Å². The predicted molar refractivity (Wildman–Crippen MR) is 102 cm³/mol. The molecular formula is C22H31NO3. The van der Waals surface area contributed by atoms with Crippen molar-refractivity contribution in [3.63, 3.8) is 0 Å². The number of methoxy groups -OCH3 is 2.